The second kappa shape index (κ2) is 9.74. The smallest absolute Gasteiger partial charge is 0.274 e. The molecule has 0 radical (unpaired) electrons. The van der Waals surface area contributed by atoms with E-state index >= 15 is 0 Å². The number of likely N-dealkylation sites (N-methyl/N-ethyl adjacent to an activating group) is 1. The van der Waals surface area contributed by atoms with Gasteiger partial charge >= 0.3 is 0 Å². The van der Waals surface area contributed by atoms with Gasteiger partial charge in [-0.3, -0.25) is 9.89 Å². The number of hydrogen-bond acceptors (Lipinski definition) is 7. The highest BCUT2D eigenvalue weighted by Crippen LogP contribution is 2.38. The van der Waals surface area contributed by atoms with Crippen molar-refractivity contribution in [3.8, 4) is 11.3 Å². The number of fused-ring (bicyclic) bond motifs is 3. The fourth-order valence-electron chi connectivity index (χ4n) is 4.72. The first kappa shape index (κ1) is 24.9. The average molecular weight is 570 g/mol. The van der Waals surface area contributed by atoms with Crippen molar-refractivity contribution < 1.29 is 0 Å². The number of halogens is 3. The highest BCUT2D eigenvalue weighted by molar-refractivity contribution is 6.39. The average Bonchev–Trinajstić information content (AvgIpc) is 3.25. The molecular weight excluding hydrogens is 547 g/mol. The van der Waals surface area contributed by atoms with E-state index in [9.17, 15) is 4.79 Å². The number of H-pyrrole nitrogens is 1. The largest absolute Gasteiger partial charge is 0.368 e. The van der Waals surface area contributed by atoms with E-state index in [0.29, 0.717) is 43.2 Å². The normalized spacial score (nSPS) is 14.5. The van der Waals surface area contributed by atoms with E-state index in [4.69, 9.17) is 44.8 Å². The lowest BCUT2D eigenvalue weighted by atomic mass is 10.1. The summed E-state index contributed by atoms with van der Waals surface area (Å²) < 4.78 is 1.60. The topological polar surface area (TPSA) is 94.4 Å². The summed E-state index contributed by atoms with van der Waals surface area (Å²) in [6, 6.07) is 10.9. The standard InChI is InChI=1S/C26H23Cl3N8O/c1-14-13-30-24-23-21(25(38)34-37(14)24)22(20-16(27)4-3-5-17(20)28)32-26(33-23)31-15-6-7-19(18(29)12-15)36-10-8-35(2)9-11-36/h3-7,12-13H,8-11H2,1-2H3,(H,34,38)(H,31,32,33). The molecule has 1 saturated heterocycles. The summed E-state index contributed by atoms with van der Waals surface area (Å²) >= 11 is 19.8. The Balaban J connectivity index is 1.49. The summed E-state index contributed by atoms with van der Waals surface area (Å²) in [5.41, 5.74) is 3.64. The summed E-state index contributed by atoms with van der Waals surface area (Å²) in [6.07, 6.45) is 1.67. The molecule has 194 valence electrons. The number of aromatic nitrogens is 5. The van der Waals surface area contributed by atoms with Gasteiger partial charge in [-0.1, -0.05) is 40.9 Å². The minimum absolute atomic E-state index is 0.243. The first-order valence-electron chi connectivity index (χ1n) is 12.0. The molecule has 0 saturated carbocycles. The Morgan fingerprint density at radius 2 is 1.71 bits per heavy atom. The van der Waals surface area contributed by atoms with Crippen LogP contribution in [0.5, 0.6) is 0 Å². The van der Waals surface area contributed by atoms with E-state index < -0.39 is 0 Å². The van der Waals surface area contributed by atoms with Gasteiger partial charge in [0.25, 0.3) is 5.56 Å². The predicted molar refractivity (Wildman–Crippen MR) is 154 cm³/mol. The van der Waals surface area contributed by atoms with Crippen molar-refractivity contribution in [1.82, 2.24) is 29.5 Å². The molecule has 2 aromatic carbocycles. The molecule has 0 amide bonds. The van der Waals surface area contributed by atoms with E-state index in [1.807, 2.05) is 25.1 Å². The maximum Gasteiger partial charge on any atom is 0.274 e. The molecule has 0 atom stereocenters. The minimum Gasteiger partial charge on any atom is -0.368 e. The van der Waals surface area contributed by atoms with Crippen molar-refractivity contribution in [3.05, 3.63) is 73.7 Å². The molecule has 6 rings (SSSR count). The zero-order valence-corrected chi connectivity index (χ0v) is 22.9. The van der Waals surface area contributed by atoms with Crippen LogP contribution in [0.4, 0.5) is 17.3 Å². The number of rotatable bonds is 4. The van der Waals surface area contributed by atoms with Gasteiger partial charge in [0.05, 0.1) is 43.7 Å². The van der Waals surface area contributed by atoms with E-state index in [1.54, 1.807) is 28.9 Å². The maximum absolute atomic E-state index is 13.3. The number of anilines is 3. The van der Waals surface area contributed by atoms with Crippen LogP contribution < -0.4 is 15.8 Å². The van der Waals surface area contributed by atoms with Gasteiger partial charge in [-0.2, -0.15) is 0 Å². The van der Waals surface area contributed by atoms with Gasteiger partial charge in [-0.25, -0.2) is 19.5 Å². The Labute approximate surface area is 233 Å². The predicted octanol–water partition coefficient (Wildman–Crippen LogP) is 5.40. The van der Waals surface area contributed by atoms with E-state index in [-0.39, 0.29) is 16.9 Å². The van der Waals surface area contributed by atoms with Gasteiger partial charge < -0.3 is 15.1 Å². The van der Waals surface area contributed by atoms with Crippen molar-refractivity contribution in [1.29, 1.82) is 0 Å². The Morgan fingerprint density at radius 1 is 0.974 bits per heavy atom. The number of imidazole rings is 1. The monoisotopic (exact) mass is 568 g/mol. The van der Waals surface area contributed by atoms with E-state index in [2.05, 4.69) is 32.2 Å². The van der Waals surface area contributed by atoms with E-state index in [1.165, 1.54) is 0 Å². The first-order valence-corrected chi connectivity index (χ1v) is 13.2. The second-order valence-corrected chi connectivity index (χ2v) is 10.5. The molecule has 0 unspecified atom stereocenters. The first-order chi connectivity index (χ1) is 18.3. The Bertz CT molecular complexity index is 1740. The molecule has 5 aromatic rings. The Hall–Kier alpha value is -3.37. The molecule has 1 aliphatic heterocycles. The maximum atomic E-state index is 13.3. The third-order valence-corrected chi connectivity index (χ3v) is 7.68. The lowest BCUT2D eigenvalue weighted by molar-refractivity contribution is 0.313. The molecule has 9 nitrogen and oxygen atoms in total. The number of hydrogen-bond donors (Lipinski definition) is 2. The van der Waals surface area contributed by atoms with Crippen LogP contribution in [0.15, 0.2) is 47.4 Å². The summed E-state index contributed by atoms with van der Waals surface area (Å²) in [5, 5.41) is 7.67. The molecule has 3 aromatic heterocycles. The summed E-state index contributed by atoms with van der Waals surface area (Å²) in [6.45, 7) is 5.63. The van der Waals surface area contributed by atoms with Gasteiger partial charge in [0, 0.05) is 37.4 Å². The van der Waals surface area contributed by atoms with Crippen LogP contribution in [0.25, 0.3) is 27.8 Å². The molecule has 12 heteroatoms. The van der Waals surface area contributed by atoms with Crippen LogP contribution in [0, 0.1) is 6.92 Å². The van der Waals surface area contributed by atoms with Gasteiger partial charge in [-0.15, -0.1) is 0 Å². The lowest BCUT2D eigenvalue weighted by Crippen LogP contribution is -2.44. The molecule has 0 bridgehead atoms. The number of aromatic amines is 1. The van der Waals surface area contributed by atoms with Crippen LogP contribution in [-0.2, 0) is 0 Å². The Morgan fingerprint density at radius 3 is 2.42 bits per heavy atom. The fourth-order valence-corrected chi connectivity index (χ4v) is 5.60. The molecule has 38 heavy (non-hydrogen) atoms. The molecule has 0 aliphatic carbocycles. The highest BCUT2D eigenvalue weighted by Gasteiger charge is 2.22. The van der Waals surface area contributed by atoms with Crippen LogP contribution in [0.1, 0.15) is 5.69 Å². The molecule has 4 heterocycles. The van der Waals surface area contributed by atoms with Crippen LogP contribution >= 0.6 is 34.8 Å². The fraction of sp³-hybridized carbons (Fsp3) is 0.231. The molecule has 2 N–H and O–H groups in total. The zero-order chi connectivity index (χ0) is 26.6. The van der Waals surface area contributed by atoms with Gasteiger partial charge in [0.1, 0.15) is 5.52 Å². The van der Waals surface area contributed by atoms with Crippen LogP contribution in [0.3, 0.4) is 0 Å². The van der Waals surface area contributed by atoms with Crippen molar-refractivity contribution in [3.63, 3.8) is 0 Å². The third-order valence-electron chi connectivity index (χ3n) is 6.75. The number of nitrogens with one attached hydrogen (secondary N) is 2. The van der Waals surface area contributed by atoms with Crippen molar-refractivity contribution >= 4 is 68.7 Å². The van der Waals surface area contributed by atoms with Crippen molar-refractivity contribution in [2.24, 2.45) is 0 Å². The van der Waals surface area contributed by atoms with Crippen molar-refractivity contribution in [2.45, 2.75) is 6.92 Å². The van der Waals surface area contributed by atoms with Gasteiger partial charge in [0.15, 0.2) is 5.65 Å². The number of benzene rings is 2. The summed E-state index contributed by atoms with van der Waals surface area (Å²) in [4.78, 5) is 31.7. The minimum atomic E-state index is -0.384. The molecule has 1 fully saturated rings. The SMILES string of the molecule is Cc1cnc2c3nc(Nc4ccc(N5CCN(C)CC5)c(Cl)c4)nc(-c4c(Cl)cccc4Cl)c3c(=O)[nH]n12. The quantitative estimate of drug-likeness (QED) is 0.299. The molecule has 1 aliphatic rings. The highest BCUT2D eigenvalue weighted by atomic mass is 35.5. The number of nitrogens with zero attached hydrogens (tertiary/aromatic N) is 6. The van der Waals surface area contributed by atoms with Gasteiger partial charge in [-0.05, 0) is 44.3 Å². The third kappa shape index (κ3) is 4.35. The number of piperazine rings is 1. The zero-order valence-electron chi connectivity index (χ0n) is 20.6. The summed E-state index contributed by atoms with van der Waals surface area (Å²) in [7, 11) is 2.12. The van der Waals surface area contributed by atoms with E-state index in [0.717, 1.165) is 37.6 Å². The van der Waals surface area contributed by atoms with Gasteiger partial charge in [0.2, 0.25) is 5.95 Å². The van der Waals surface area contributed by atoms with Crippen LogP contribution in [-0.4, -0.2) is 62.7 Å². The second-order valence-electron chi connectivity index (χ2n) is 9.30. The molecular formula is C26H23Cl3N8O. The van der Waals surface area contributed by atoms with Crippen molar-refractivity contribution in [2.75, 3.05) is 43.4 Å². The summed E-state index contributed by atoms with van der Waals surface area (Å²) in [5.74, 6) is 0.250. The van der Waals surface area contributed by atoms with Crippen LogP contribution in [0.2, 0.25) is 15.1 Å². The molecule has 0 spiro atoms. The lowest BCUT2D eigenvalue weighted by Gasteiger charge is -2.34. The Kier molecular flexibility index (Phi) is 6.39. The number of aryl methyl sites for hydroxylation is 1.